The van der Waals surface area contributed by atoms with Crippen molar-refractivity contribution in [1.82, 2.24) is 9.62 Å². The normalized spacial score (nSPS) is 12.9. The zero-order chi connectivity index (χ0) is 20.3. The molecule has 0 radical (unpaired) electrons. The predicted octanol–water partition coefficient (Wildman–Crippen LogP) is 4.10. The Morgan fingerprint density at radius 2 is 1.68 bits per heavy atom. The Hall–Kier alpha value is -2.22. The quantitative estimate of drug-likeness (QED) is 0.601. The molecule has 146 valence electrons. The fraction of sp³-hybridized carbons (Fsp3) is 0.190. The molecule has 0 spiro atoms. The molecule has 0 aliphatic rings. The van der Waals surface area contributed by atoms with Crippen LogP contribution in [-0.2, 0) is 14.8 Å². The molecule has 0 fully saturated rings. The zero-order valence-corrected chi connectivity index (χ0v) is 18.0. The van der Waals surface area contributed by atoms with Gasteiger partial charge in [0.05, 0.1) is 17.5 Å². The van der Waals surface area contributed by atoms with Crippen LogP contribution in [0.15, 0.2) is 76.1 Å². The number of benzene rings is 3. The second-order valence-electron chi connectivity index (χ2n) is 6.61. The van der Waals surface area contributed by atoms with Crippen LogP contribution in [0.5, 0.6) is 0 Å². The van der Waals surface area contributed by atoms with E-state index >= 15 is 0 Å². The number of nitrogens with zero attached hydrogens (tertiary/aromatic N) is 1. The van der Waals surface area contributed by atoms with E-state index in [2.05, 4.69) is 21.2 Å². The molecule has 0 saturated carbocycles. The van der Waals surface area contributed by atoms with Crippen molar-refractivity contribution in [3.05, 3.63) is 76.8 Å². The fourth-order valence-electron chi connectivity index (χ4n) is 2.92. The lowest BCUT2D eigenvalue weighted by Crippen LogP contribution is -2.39. The van der Waals surface area contributed by atoms with Gasteiger partial charge in [-0.25, -0.2) is 8.42 Å². The highest BCUT2D eigenvalue weighted by molar-refractivity contribution is 9.10. The lowest BCUT2D eigenvalue weighted by molar-refractivity contribution is -0.121. The largest absolute Gasteiger partial charge is 0.348 e. The number of likely N-dealkylation sites (N-methyl/N-ethyl adjacent to an activating group) is 1. The van der Waals surface area contributed by atoms with Gasteiger partial charge in [-0.2, -0.15) is 4.31 Å². The van der Waals surface area contributed by atoms with Crippen LogP contribution in [-0.4, -0.2) is 32.2 Å². The number of fused-ring (bicyclic) bond motifs is 1. The lowest BCUT2D eigenvalue weighted by Gasteiger charge is -2.19. The van der Waals surface area contributed by atoms with Crippen LogP contribution < -0.4 is 5.32 Å². The van der Waals surface area contributed by atoms with Gasteiger partial charge in [0.15, 0.2) is 0 Å². The molecule has 0 heterocycles. The summed E-state index contributed by atoms with van der Waals surface area (Å²) in [4.78, 5) is 12.5. The zero-order valence-electron chi connectivity index (χ0n) is 15.6. The van der Waals surface area contributed by atoms with Crippen LogP contribution in [0, 0.1) is 0 Å². The minimum Gasteiger partial charge on any atom is -0.348 e. The van der Waals surface area contributed by atoms with Crippen molar-refractivity contribution in [2.24, 2.45) is 0 Å². The van der Waals surface area contributed by atoms with Crippen molar-refractivity contribution in [2.75, 3.05) is 13.6 Å². The molecule has 28 heavy (non-hydrogen) atoms. The minimum absolute atomic E-state index is 0.169. The number of hydrogen-bond donors (Lipinski definition) is 1. The molecule has 1 N–H and O–H groups in total. The average Bonchev–Trinajstić information content (AvgIpc) is 2.67. The van der Waals surface area contributed by atoms with Crippen LogP contribution in [0.3, 0.4) is 0 Å². The van der Waals surface area contributed by atoms with E-state index in [9.17, 15) is 13.2 Å². The molecule has 1 atom stereocenters. The van der Waals surface area contributed by atoms with Crippen molar-refractivity contribution in [3.8, 4) is 0 Å². The first kappa shape index (κ1) is 20.5. The number of carbonyl (C=O) groups is 1. The highest BCUT2D eigenvalue weighted by Gasteiger charge is 2.23. The minimum atomic E-state index is -3.77. The Labute approximate surface area is 173 Å². The Bertz CT molecular complexity index is 1100. The molecule has 0 aliphatic carbocycles. The van der Waals surface area contributed by atoms with Crippen LogP contribution >= 0.6 is 15.9 Å². The highest BCUT2D eigenvalue weighted by atomic mass is 79.9. The molecule has 5 nitrogen and oxygen atoms in total. The SMILES string of the molecule is C[C@H](NC(=O)CN(C)S(=O)(=O)c1ccc2ccccc2c1)c1ccc(Br)cc1. The van der Waals surface area contributed by atoms with E-state index in [1.165, 1.54) is 7.05 Å². The molecule has 3 rings (SSSR count). The van der Waals surface area contributed by atoms with Gasteiger partial charge in [-0.3, -0.25) is 4.79 Å². The van der Waals surface area contributed by atoms with E-state index in [0.29, 0.717) is 0 Å². The van der Waals surface area contributed by atoms with E-state index in [1.807, 2.05) is 55.5 Å². The third kappa shape index (κ3) is 4.60. The molecular formula is C21H21BrN2O3S. The number of amides is 1. The topological polar surface area (TPSA) is 66.5 Å². The van der Waals surface area contributed by atoms with Crippen LogP contribution in [0.2, 0.25) is 0 Å². The van der Waals surface area contributed by atoms with Gasteiger partial charge in [-0.05, 0) is 47.5 Å². The van der Waals surface area contributed by atoms with E-state index in [0.717, 1.165) is 25.1 Å². The molecular weight excluding hydrogens is 440 g/mol. The molecule has 0 saturated heterocycles. The Morgan fingerprint density at radius 1 is 1.04 bits per heavy atom. The molecule has 0 bridgehead atoms. The maximum Gasteiger partial charge on any atom is 0.243 e. The summed E-state index contributed by atoms with van der Waals surface area (Å²) >= 11 is 3.38. The molecule has 3 aromatic carbocycles. The van der Waals surface area contributed by atoms with Gasteiger partial charge in [0.1, 0.15) is 0 Å². The Morgan fingerprint density at radius 3 is 2.36 bits per heavy atom. The number of hydrogen-bond acceptors (Lipinski definition) is 3. The summed E-state index contributed by atoms with van der Waals surface area (Å²) in [7, 11) is -2.35. The van der Waals surface area contributed by atoms with Gasteiger partial charge in [0.2, 0.25) is 15.9 Å². The highest BCUT2D eigenvalue weighted by Crippen LogP contribution is 2.21. The number of carbonyl (C=O) groups excluding carboxylic acids is 1. The summed E-state index contributed by atoms with van der Waals surface area (Å²) < 4.78 is 27.7. The lowest BCUT2D eigenvalue weighted by atomic mass is 10.1. The summed E-state index contributed by atoms with van der Waals surface area (Å²) in [6, 6.07) is 19.9. The predicted molar refractivity (Wildman–Crippen MR) is 114 cm³/mol. The van der Waals surface area contributed by atoms with E-state index < -0.39 is 10.0 Å². The number of rotatable bonds is 6. The average molecular weight is 461 g/mol. The smallest absolute Gasteiger partial charge is 0.243 e. The van der Waals surface area contributed by atoms with Gasteiger partial charge in [-0.15, -0.1) is 0 Å². The Kier molecular flexibility index (Phi) is 6.17. The maximum absolute atomic E-state index is 12.8. The van der Waals surface area contributed by atoms with Crippen molar-refractivity contribution >= 4 is 42.6 Å². The van der Waals surface area contributed by atoms with E-state index in [4.69, 9.17) is 0 Å². The first-order valence-electron chi connectivity index (χ1n) is 8.77. The summed E-state index contributed by atoms with van der Waals surface area (Å²) in [6.45, 7) is 1.61. The number of halogens is 1. The molecule has 0 aliphatic heterocycles. The van der Waals surface area contributed by atoms with Gasteiger partial charge >= 0.3 is 0 Å². The van der Waals surface area contributed by atoms with Crippen LogP contribution in [0.4, 0.5) is 0 Å². The number of nitrogens with one attached hydrogen (secondary N) is 1. The Balaban J connectivity index is 1.70. The summed E-state index contributed by atoms with van der Waals surface area (Å²) in [5.41, 5.74) is 0.941. The molecule has 0 aromatic heterocycles. The number of sulfonamides is 1. The van der Waals surface area contributed by atoms with Gasteiger partial charge < -0.3 is 5.32 Å². The van der Waals surface area contributed by atoms with Gasteiger partial charge in [0, 0.05) is 11.5 Å². The standard InChI is InChI=1S/C21H21BrN2O3S/c1-15(16-7-10-19(22)11-8-16)23-21(25)14-24(2)28(26,27)20-12-9-17-5-3-4-6-18(17)13-20/h3-13,15H,14H2,1-2H3,(H,23,25)/t15-/m0/s1. The third-order valence-electron chi connectivity index (χ3n) is 4.54. The maximum atomic E-state index is 12.8. The second-order valence-corrected chi connectivity index (χ2v) is 9.57. The van der Waals surface area contributed by atoms with Gasteiger partial charge in [0.25, 0.3) is 0 Å². The molecule has 7 heteroatoms. The van der Waals surface area contributed by atoms with E-state index in [1.54, 1.807) is 18.2 Å². The van der Waals surface area contributed by atoms with Crippen molar-refractivity contribution in [2.45, 2.75) is 17.9 Å². The second kappa shape index (κ2) is 8.43. The van der Waals surface area contributed by atoms with E-state index in [-0.39, 0.29) is 23.4 Å². The monoisotopic (exact) mass is 460 g/mol. The first-order valence-corrected chi connectivity index (χ1v) is 11.0. The van der Waals surface area contributed by atoms with Crippen molar-refractivity contribution in [3.63, 3.8) is 0 Å². The first-order chi connectivity index (χ1) is 13.3. The summed E-state index contributed by atoms with van der Waals surface area (Å²) in [6.07, 6.45) is 0. The summed E-state index contributed by atoms with van der Waals surface area (Å²) in [5, 5.41) is 4.64. The summed E-state index contributed by atoms with van der Waals surface area (Å²) in [5.74, 6) is -0.359. The van der Waals surface area contributed by atoms with Crippen molar-refractivity contribution in [1.29, 1.82) is 0 Å². The van der Waals surface area contributed by atoms with Crippen LogP contribution in [0.1, 0.15) is 18.5 Å². The molecule has 1 amide bonds. The molecule has 0 unspecified atom stereocenters. The fourth-order valence-corrected chi connectivity index (χ4v) is 4.34. The van der Waals surface area contributed by atoms with Crippen molar-refractivity contribution < 1.29 is 13.2 Å². The third-order valence-corrected chi connectivity index (χ3v) is 6.87. The molecule has 3 aromatic rings. The van der Waals surface area contributed by atoms with Gasteiger partial charge in [-0.1, -0.05) is 58.4 Å². The van der Waals surface area contributed by atoms with Crippen LogP contribution in [0.25, 0.3) is 10.8 Å².